The Morgan fingerprint density at radius 2 is 2.04 bits per heavy atom. The summed E-state index contributed by atoms with van der Waals surface area (Å²) < 4.78 is 6.76. The molecule has 0 aromatic heterocycles. The Bertz CT molecular complexity index is 893. The minimum absolute atomic E-state index is 0.0540. The molecule has 5 nitrogen and oxygen atoms in total. The maximum Gasteiger partial charge on any atom is 0.230 e. The highest BCUT2D eigenvalue weighted by Crippen LogP contribution is 2.48. The summed E-state index contributed by atoms with van der Waals surface area (Å²) >= 11 is 3.48. The summed E-state index contributed by atoms with van der Waals surface area (Å²) in [6, 6.07) is 13.6. The summed E-state index contributed by atoms with van der Waals surface area (Å²) in [7, 11) is 0. The standard InChI is InChI=1S/C21H21BrN2O3/c22-16-3-1-2-15(13-16)21(8-9-21)20(26)23-10-11-27-17-5-6-18-14(12-17)4-7-19(25)24-18/h1-3,5-6,12-13H,4,7-11H2,(H,23,26)(H,24,25). The smallest absolute Gasteiger partial charge is 0.230 e. The predicted octanol–water partition coefficient (Wildman–Crippen LogP) is 3.56. The first-order valence-electron chi connectivity index (χ1n) is 9.17. The van der Waals surface area contributed by atoms with Crippen LogP contribution in [0.15, 0.2) is 46.9 Å². The van der Waals surface area contributed by atoms with Crippen molar-refractivity contribution in [1.82, 2.24) is 5.32 Å². The van der Waals surface area contributed by atoms with Gasteiger partial charge in [0.1, 0.15) is 12.4 Å². The van der Waals surface area contributed by atoms with Crippen LogP contribution in [0, 0.1) is 0 Å². The molecule has 4 rings (SSSR count). The van der Waals surface area contributed by atoms with Crippen molar-refractivity contribution in [1.29, 1.82) is 0 Å². The Kier molecular flexibility index (Phi) is 4.91. The number of fused-ring (bicyclic) bond motifs is 1. The Morgan fingerprint density at radius 3 is 2.81 bits per heavy atom. The molecule has 2 amide bonds. The van der Waals surface area contributed by atoms with E-state index in [9.17, 15) is 9.59 Å². The molecule has 1 fully saturated rings. The Labute approximate surface area is 166 Å². The van der Waals surface area contributed by atoms with Crippen molar-refractivity contribution < 1.29 is 14.3 Å². The molecular weight excluding hydrogens is 408 g/mol. The Balaban J connectivity index is 1.29. The van der Waals surface area contributed by atoms with E-state index in [1.54, 1.807) is 0 Å². The largest absolute Gasteiger partial charge is 0.492 e. The summed E-state index contributed by atoms with van der Waals surface area (Å²) in [5, 5.41) is 5.86. The second-order valence-electron chi connectivity index (χ2n) is 7.06. The minimum atomic E-state index is -0.381. The molecular formula is C21H21BrN2O3. The molecule has 0 spiro atoms. The highest BCUT2D eigenvalue weighted by Gasteiger charge is 2.51. The zero-order chi connectivity index (χ0) is 18.9. The number of rotatable bonds is 6. The topological polar surface area (TPSA) is 67.4 Å². The van der Waals surface area contributed by atoms with Gasteiger partial charge in [-0.25, -0.2) is 0 Å². The van der Waals surface area contributed by atoms with Gasteiger partial charge in [0.15, 0.2) is 0 Å². The molecule has 1 heterocycles. The molecule has 2 aromatic rings. The van der Waals surface area contributed by atoms with E-state index < -0.39 is 0 Å². The molecule has 140 valence electrons. The lowest BCUT2D eigenvalue weighted by molar-refractivity contribution is -0.123. The van der Waals surface area contributed by atoms with E-state index in [0.29, 0.717) is 19.6 Å². The van der Waals surface area contributed by atoms with Gasteiger partial charge in [0, 0.05) is 16.6 Å². The van der Waals surface area contributed by atoms with Gasteiger partial charge in [0.25, 0.3) is 0 Å². The fourth-order valence-electron chi connectivity index (χ4n) is 3.51. The van der Waals surface area contributed by atoms with Gasteiger partial charge in [-0.3, -0.25) is 9.59 Å². The van der Waals surface area contributed by atoms with Gasteiger partial charge in [-0.2, -0.15) is 0 Å². The fraction of sp³-hybridized carbons (Fsp3) is 0.333. The van der Waals surface area contributed by atoms with E-state index in [1.807, 2.05) is 42.5 Å². The third-order valence-electron chi connectivity index (χ3n) is 5.19. The third-order valence-corrected chi connectivity index (χ3v) is 5.68. The van der Waals surface area contributed by atoms with Gasteiger partial charge < -0.3 is 15.4 Å². The maximum absolute atomic E-state index is 12.7. The number of anilines is 1. The van der Waals surface area contributed by atoms with E-state index in [2.05, 4.69) is 26.6 Å². The Morgan fingerprint density at radius 1 is 1.19 bits per heavy atom. The van der Waals surface area contributed by atoms with E-state index >= 15 is 0 Å². The molecule has 0 radical (unpaired) electrons. The number of hydrogen-bond donors (Lipinski definition) is 2. The molecule has 2 N–H and O–H groups in total. The van der Waals surface area contributed by atoms with Crippen LogP contribution >= 0.6 is 15.9 Å². The summed E-state index contributed by atoms with van der Waals surface area (Å²) in [4.78, 5) is 24.1. The summed E-state index contributed by atoms with van der Waals surface area (Å²) in [6.45, 7) is 0.869. The van der Waals surface area contributed by atoms with Crippen LogP contribution in [-0.4, -0.2) is 25.0 Å². The summed E-state index contributed by atoms with van der Waals surface area (Å²) in [5.74, 6) is 0.878. The van der Waals surface area contributed by atoms with Crippen molar-refractivity contribution in [2.24, 2.45) is 0 Å². The highest BCUT2D eigenvalue weighted by molar-refractivity contribution is 9.10. The van der Waals surface area contributed by atoms with Crippen molar-refractivity contribution in [2.75, 3.05) is 18.5 Å². The van der Waals surface area contributed by atoms with E-state index in [-0.39, 0.29) is 17.2 Å². The van der Waals surface area contributed by atoms with Crippen LogP contribution in [-0.2, 0) is 21.4 Å². The minimum Gasteiger partial charge on any atom is -0.492 e. The molecule has 2 aromatic carbocycles. The number of amides is 2. The lowest BCUT2D eigenvalue weighted by atomic mass is 9.95. The normalized spacial score (nSPS) is 16.9. The molecule has 27 heavy (non-hydrogen) atoms. The fourth-order valence-corrected chi connectivity index (χ4v) is 3.91. The SMILES string of the molecule is O=C1CCc2cc(OCCNC(=O)C3(c4cccc(Br)c4)CC3)ccc2N1. The summed E-state index contributed by atoms with van der Waals surface area (Å²) in [6.07, 6.45) is 2.99. The van der Waals surface area contributed by atoms with Crippen LogP contribution in [0.4, 0.5) is 5.69 Å². The van der Waals surface area contributed by atoms with Crippen molar-refractivity contribution in [3.05, 3.63) is 58.1 Å². The number of benzene rings is 2. The third kappa shape index (κ3) is 3.86. The molecule has 0 bridgehead atoms. The molecule has 1 aliphatic carbocycles. The van der Waals surface area contributed by atoms with Gasteiger partial charge in [-0.15, -0.1) is 0 Å². The van der Waals surface area contributed by atoms with Crippen LogP contribution < -0.4 is 15.4 Å². The first-order valence-corrected chi connectivity index (χ1v) is 9.96. The number of aryl methyl sites for hydroxylation is 1. The second-order valence-corrected chi connectivity index (χ2v) is 7.98. The number of nitrogens with one attached hydrogen (secondary N) is 2. The molecule has 0 atom stereocenters. The quantitative estimate of drug-likeness (QED) is 0.691. The number of hydrogen-bond acceptors (Lipinski definition) is 3. The molecule has 1 saturated carbocycles. The van der Waals surface area contributed by atoms with Crippen molar-refractivity contribution in [2.45, 2.75) is 31.1 Å². The maximum atomic E-state index is 12.7. The van der Waals surface area contributed by atoms with Crippen LogP contribution in [0.25, 0.3) is 0 Å². The molecule has 1 aliphatic heterocycles. The summed E-state index contributed by atoms with van der Waals surface area (Å²) in [5.41, 5.74) is 2.62. The monoisotopic (exact) mass is 428 g/mol. The Hall–Kier alpha value is -2.34. The van der Waals surface area contributed by atoms with Crippen molar-refractivity contribution >= 4 is 33.4 Å². The van der Waals surface area contributed by atoms with Crippen LogP contribution in [0.1, 0.15) is 30.4 Å². The number of halogens is 1. The van der Waals surface area contributed by atoms with Crippen LogP contribution in [0.3, 0.4) is 0 Å². The van der Waals surface area contributed by atoms with E-state index in [1.165, 1.54) is 0 Å². The number of ether oxygens (including phenoxy) is 1. The molecule has 6 heteroatoms. The van der Waals surface area contributed by atoms with Crippen molar-refractivity contribution in [3.8, 4) is 5.75 Å². The number of carbonyl (C=O) groups excluding carboxylic acids is 2. The average molecular weight is 429 g/mol. The zero-order valence-electron chi connectivity index (χ0n) is 14.9. The van der Waals surface area contributed by atoms with E-state index in [0.717, 1.165) is 46.3 Å². The molecule has 2 aliphatic rings. The van der Waals surface area contributed by atoms with Gasteiger partial charge in [-0.1, -0.05) is 28.1 Å². The van der Waals surface area contributed by atoms with Gasteiger partial charge in [-0.05, 0) is 60.7 Å². The second kappa shape index (κ2) is 7.35. The lowest BCUT2D eigenvalue weighted by Gasteiger charge is -2.18. The van der Waals surface area contributed by atoms with E-state index in [4.69, 9.17) is 4.74 Å². The molecule has 0 unspecified atom stereocenters. The first-order chi connectivity index (χ1) is 13.1. The van der Waals surface area contributed by atoms with Gasteiger partial charge in [0.2, 0.25) is 11.8 Å². The van der Waals surface area contributed by atoms with Crippen LogP contribution in [0.5, 0.6) is 5.75 Å². The number of carbonyl (C=O) groups is 2. The average Bonchev–Trinajstić information content (AvgIpc) is 3.47. The molecule has 0 saturated heterocycles. The van der Waals surface area contributed by atoms with Crippen LogP contribution in [0.2, 0.25) is 0 Å². The predicted molar refractivity (Wildman–Crippen MR) is 107 cm³/mol. The van der Waals surface area contributed by atoms with Gasteiger partial charge in [0.05, 0.1) is 12.0 Å². The first kappa shape index (κ1) is 18.0. The highest BCUT2D eigenvalue weighted by atomic mass is 79.9. The lowest BCUT2D eigenvalue weighted by Crippen LogP contribution is -2.37. The van der Waals surface area contributed by atoms with Crippen molar-refractivity contribution in [3.63, 3.8) is 0 Å². The van der Waals surface area contributed by atoms with Gasteiger partial charge >= 0.3 is 0 Å². The zero-order valence-corrected chi connectivity index (χ0v) is 16.5.